The summed E-state index contributed by atoms with van der Waals surface area (Å²) in [5.74, 6) is -1.92. The van der Waals surface area contributed by atoms with Gasteiger partial charge in [-0.15, -0.1) is 5.06 Å². The maximum absolute atomic E-state index is 11.4. The Morgan fingerprint density at radius 1 is 1.04 bits per heavy atom. The average molecular weight is 360 g/mol. The molecule has 142 valence electrons. The fraction of sp³-hybridized carbons (Fsp3) is 0.733. The second-order valence-electron chi connectivity index (χ2n) is 6.14. The van der Waals surface area contributed by atoms with Gasteiger partial charge in [-0.1, -0.05) is 0 Å². The van der Waals surface area contributed by atoms with Gasteiger partial charge >= 0.3 is 12.1 Å². The second kappa shape index (κ2) is 9.94. The average Bonchev–Trinajstić information content (AvgIpc) is 2.80. The molecule has 0 aromatic heterocycles. The largest absolute Gasteiger partial charge is 0.444 e. The molecule has 0 unspecified atom stereocenters. The zero-order valence-electron chi connectivity index (χ0n) is 14.7. The van der Waals surface area contributed by atoms with Crippen LogP contribution in [-0.4, -0.2) is 67.5 Å². The Morgan fingerprint density at radius 2 is 1.64 bits per heavy atom. The number of carbonyl (C=O) groups is 4. The van der Waals surface area contributed by atoms with E-state index < -0.39 is 36.1 Å². The highest BCUT2D eigenvalue weighted by Gasteiger charge is 2.32. The Bertz CT molecular complexity index is 484. The van der Waals surface area contributed by atoms with Crippen LogP contribution in [0.15, 0.2) is 0 Å². The van der Waals surface area contributed by atoms with Crippen LogP contribution in [-0.2, 0) is 33.4 Å². The van der Waals surface area contributed by atoms with Crippen molar-refractivity contribution in [1.29, 1.82) is 0 Å². The molecule has 1 aliphatic rings. The van der Waals surface area contributed by atoms with E-state index in [2.05, 4.69) is 10.2 Å². The molecule has 0 aromatic carbocycles. The molecule has 10 nitrogen and oxygen atoms in total. The van der Waals surface area contributed by atoms with Crippen LogP contribution in [0.25, 0.3) is 0 Å². The summed E-state index contributed by atoms with van der Waals surface area (Å²) in [4.78, 5) is 49.9. The SMILES string of the molecule is CC(C)(C)OC(=O)NCCOCCOCC(=O)ON1C(=O)CCC1=O. The van der Waals surface area contributed by atoms with Gasteiger partial charge in [-0.05, 0) is 20.8 Å². The third-order valence-corrected chi connectivity index (χ3v) is 2.71. The van der Waals surface area contributed by atoms with Gasteiger partial charge in [0.2, 0.25) is 0 Å². The van der Waals surface area contributed by atoms with Gasteiger partial charge in [0.1, 0.15) is 12.2 Å². The summed E-state index contributed by atoms with van der Waals surface area (Å²) in [6.07, 6.45) is -0.447. The Hall–Kier alpha value is -2.20. The molecular formula is C15H24N2O8. The van der Waals surface area contributed by atoms with Crippen LogP contribution in [0.1, 0.15) is 33.6 Å². The van der Waals surface area contributed by atoms with Gasteiger partial charge in [-0.3, -0.25) is 9.59 Å². The van der Waals surface area contributed by atoms with E-state index in [-0.39, 0.29) is 39.2 Å². The van der Waals surface area contributed by atoms with Crippen LogP contribution in [0.2, 0.25) is 0 Å². The first kappa shape index (κ1) is 20.8. The van der Waals surface area contributed by atoms with E-state index in [1.165, 1.54) is 0 Å². The minimum absolute atomic E-state index is 0.0398. The van der Waals surface area contributed by atoms with Crippen molar-refractivity contribution >= 4 is 23.9 Å². The summed E-state index contributed by atoms with van der Waals surface area (Å²) in [5.41, 5.74) is -0.558. The van der Waals surface area contributed by atoms with Gasteiger partial charge in [0, 0.05) is 19.4 Å². The van der Waals surface area contributed by atoms with Crippen LogP contribution in [0.3, 0.4) is 0 Å². The smallest absolute Gasteiger partial charge is 0.407 e. The van der Waals surface area contributed by atoms with E-state index in [1.807, 2.05) is 0 Å². The van der Waals surface area contributed by atoms with Crippen molar-refractivity contribution in [3.05, 3.63) is 0 Å². The van der Waals surface area contributed by atoms with Crippen molar-refractivity contribution < 1.29 is 38.2 Å². The van der Waals surface area contributed by atoms with Gasteiger partial charge in [0.25, 0.3) is 11.8 Å². The maximum Gasteiger partial charge on any atom is 0.407 e. The normalized spacial score (nSPS) is 14.6. The number of alkyl carbamates (subject to hydrolysis) is 1. The molecule has 25 heavy (non-hydrogen) atoms. The Labute approximate surface area is 145 Å². The van der Waals surface area contributed by atoms with Crippen LogP contribution in [0.5, 0.6) is 0 Å². The quantitative estimate of drug-likeness (QED) is 0.456. The van der Waals surface area contributed by atoms with E-state index in [1.54, 1.807) is 20.8 Å². The minimum atomic E-state index is -0.838. The lowest BCUT2D eigenvalue weighted by molar-refractivity contribution is -0.200. The predicted octanol–water partition coefficient (Wildman–Crippen LogP) is 0.152. The summed E-state index contributed by atoms with van der Waals surface area (Å²) >= 11 is 0. The molecule has 0 aliphatic carbocycles. The molecule has 0 bridgehead atoms. The summed E-state index contributed by atoms with van der Waals surface area (Å²) < 4.78 is 15.3. The van der Waals surface area contributed by atoms with Gasteiger partial charge in [0.05, 0.1) is 19.8 Å². The number of hydrogen-bond donors (Lipinski definition) is 1. The van der Waals surface area contributed by atoms with Crippen LogP contribution in [0, 0.1) is 0 Å². The highest BCUT2D eigenvalue weighted by molar-refractivity contribution is 6.01. The topological polar surface area (TPSA) is 120 Å². The number of hydroxylamine groups is 2. The molecule has 0 atom stereocenters. The van der Waals surface area contributed by atoms with Gasteiger partial charge in [-0.2, -0.15) is 0 Å². The predicted molar refractivity (Wildman–Crippen MR) is 83.1 cm³/mol. The van der Waals surface area contributed by atoms with Crippen molar-refractivity contribution in [2.75, 3.05) is 33.0 Å². The second-order valence-corrected chi connectivity index (χ2v) is 6.14. The van der Waals surface area contributed by atoms with Crippen molar-refractivity contribution in [2.24, 2.45) is 0 Å². The van der Waals surface area contributed by atoms with Crippen molar-refractivity contribution in [1.82, 2.24) is 10.4 Å². The Kier molecular flexibility index (Phi) is 8.29. The standard InChI is InChI=1S/C15H24N2O8/c1-15(2,3)24-14(21)16-6-7-22-8-9-23-10-13(20)25-17-11(18)4-5-12(17)19/h4-10H2,1-3H3,(H,16,21). The molecule has 0 radical (unpaired) electrons. The van der Waals surface area contributed by atoms with Crippen LogP contribution in [0.4, 0.5) is 4.79 Å². The fourth-order valence-electron chi connectivity index (χ4n) is 1.70. The third kappa shape index (κ3) is 9.01. The van der Waals surface area contributed by atoms with E-state index in [0.29, 0.717) is 5.06 Å². The van der Waals surface area contributed by atoms with Gasteiger partial charge in [0.15, 0.2) is 0 Å². The van der Waals surface area contributed by atoms with Crippen molar-refractivity contribution in [2.45, 2.75) is 39.2 Å². The molecule has 10 heteroatoms. The fourth-order valence-corrected chi connectivity index (χ4v) is 1.70. The molecular weight excluding hydrogens is 336 g/mol. The Balaban J connectivity index is 1.98. The van der Waals surface area contributed by atoms with Gasteiger partial charge < -0.3 is 24.4 Å². The number of nitrogens with one attached hydrogen (secondary N) is 1. The molecule has 0 saturated carbocycles. The monoisotopic (exact) mass is 360 g/mol. The molecule has 1 saturated heterocycles. The van der Waals surface area contributed by atoms with E-state index >= 15 is 0 Å². The highest BCUT2D eigenvalue weighted by atomic mass is 16.7. The first-order valence-corrected chi connectivity index (χ1v) is 7.88. The van der Waals surface area contributed by atoms with Crippen LogP contribution >= 0.6 is 0 Å². The van der Waals surface area contributed by atoms with Crippen molar-refractivity contribution in [3.8, 4) is 0 Å². The minimum Gasteiger partial charge on any atom is -0.444 e. The zero-order valence-corrected chi connectivity index (χ0v) is 14.7. The summed E-state index contributed by atoms with van der Waals surface area (Å²) in [5, 5.41) is 2.99. The molecule has 0 spiro atoms. The number of hydrogen-bond acceptors (Lipinski definition) is 8. The number of rotatable bonds is 9. The van der Waals surface area contributed by atoms with Gasteiger partial charge in [-0.25, -0.2) is 9.59 Å². The van der Waals surface area contributed by atoms with Crippen molar-refractivity contribution in [3.63, 3.8) is 0 Å². The lowest BCUT2D eigenvalue weighted by Gasteiger charge is -2.19. The molecule has 1 rings (SSSR count). The number of ether oxygens (including phenoxy) is 3. The molecule has 1 aliphatic heterocycles. The Morgan fingerprint density at radius 3 is 2.24 bits per heavy atom. The molecule has 0 aromatic rings. The molecule has 1 N–H and O–H groups in total. The molecule has 1 heterocycles. The first-order chi connectivity index (χ1) is 11.7. The van der Waals surface area contributed by atoms with E-state index in [4.69, 9.17) is 14.2 Å². The first-order valence-electron chi connectivity index (χ1n) is 7.88. The lowest BCUT2D eigenvalue weighted by Crippen LogP contribution is -2.34. The number of amides is 3. The van der Waals surface area contributed by atoms with Crippen LogP contribution < -0.4 is 5.32 Å². The van der Waals surface area contributed by atoms with E-state index in [0.717, 1.165) is 0 Å². The summed E-state index contributed by atoms with van der Waals surface area (Å²) in [6, 6.07) is 0. The number of carbonyl (C=O) groups excluding carboxylic acids is 4. The maximum atomic E-state index is 11.4. The molecule has 1 fully saturated rings. The molecule has 3 amide bonds. The third-order valence-electron chi connectivity index (χ3n) is 2.71. The van der Waals surface area contributed by atoms with E-state index in [9.17, 15) is 19.2 Å². The summed E-state index contributed by atoms with van der Waals surface area (Å²) in [6.45, 7) is 5.73. The number of imide groups is 1. The lowest BCUT2D eigenvalue weighted by atomic mass is 10.2. The number of nitrogens with zero attached hydrogens (tertiary/aromatic N) is 1. The summed E-state index contributed by atoms with van der Waals surface area (Å²) in [7, 11) is 0. The zero-order chi connectivity index (χ0) is 18.9. The highest BCUT2D eigenvalue weighted by Crippen LogP contribution is 2.11.